The lowest BCUT2D eigenvalue weighted by atomic mass is 9.88. The summed E-state index contributed by atoms with van der Waals surface area (Å²) in [6.45, 7) is 2.00. The number of quaternary nitrogens is 2. The van der Waals surface area contributed by atoms with Crippen LogP contribution >= 0.6 is 0 Å². The quantitative estimate of drug-likeness (QED) is 0.377. The molecule has 86 valence electrons. The summed E-state index contributed by atoms with van der Waals surface area (Å²) in [5, 5.41) is 30.5. The summed E-state index contributed by atoms with van der Waals surface area (Å²) in [5.74, 6) is 0.337. The summed E-state index contributed by atoms with van der Waals surface area (Å²) in [6, 6.07) is -1.14. The largest absolute Gasteiger partial charge is 0.600 e. The first-order chi connectivity index (χ1) is 7.06. The lowest BCUT2D eigenvalue weighted by Gasteiger charge is -2.36. The molecule has 2 aliphatic carbocycles. The second kappa shape index (κ2) is 3.82. The van der Waals surface area contributed by atoms with Gasteiger partial charge in [-0.1, -0.05) is 13.0 Å². The van der Waals surface area contributed by atoms with Gasteiger partial charge in [-0.05, 0) is 17.9 Å². The molecule has 15 heavy (non-hydrogen) atoms. The van der Waals surface area contributed by atoms with Gasteiger partial charge >= 0.3 is 0 Å². The number of hydrogen-bond acceptors (Lipinski definition) is 4. The zero-order valence-corrected chi connectivity index (χ0v) is 8.77. The van der Waals surface area contributed by atoms with E-state index in [2.05, 4.69) is 4.84 Å². The molecule has 0 heterocycles. The minimum absolute atomic E-state index is 0.0709. The van der Waals surface area contributed by atoms with Crippen molar-refractivity contribution >= 4 is 0 Å². The van der Waals surface area contributed by atoms with E-state index in [0.717, 1.165) is 12.0 Å². The molecule has 6 atom stereocenters. The third-order valence-electron chi connectivity index (χ3n) is 3.58. The Labute approximate surface area is 87.8 Å². The summed E-state index contributed by atoms with van der Waals surface area (Å²) >= 11 is 0. The third-order valence-corrected chi connectivity index (χ3v) is 3.58. The van der Waals surface area contributed by atoms with Gasteiger partial charge in [0.05, 0.1) is 7.11 Å². The predicted octanol–water partition coefficient (Wildman–Crippen LogP) is -1.96. The molecule has 6 nitrogen and oxygen atoms in total. The van der Waals surface area contributed by atoms with Gasteiger partial charge in [0.15, 0.2) is 12.1 Å². The van der Waals surface area contributed by atoms with Crippen LogP contribution < -0.4 is 10.5 Å². The Morgan fingerprint density at radius 2 is 2.20 bits per heavy atom. The van der Waals surface area contributed by atoms with E-state index in [1.807, 2.05) is 13.0 Å². The zero-order valence-electron chi connectivity index (χ0n) is 8.77. The molecule has 0 spiro atoms. The number of hydroxylamine groups is 4. The summed E-state index contributed by atoms with van der Waals surface area (Å²) in [4.78, 5) is 4.66. The smallest absolute Gasteiger partial charge is 0.194 e. The normalized spacial score (nSPS) is 42.9. The summed E-state index contributed by atoms with van der Waals surface area (Å²) in [6.07, 6.45) is 2.75. The lowest BCUT2D eigenvalue weighted by molar-refractivity contribution is -1.12. The lowest BCUT2D eigenvalue weighted by Crippen LogP contribution is -3.21. The second-order valence-corrected chi connectivity index (χ2v) is 4.33. The minimum Gasteiger partial charge on any atom is -0.600 e. The van der Waals surface area contributed by atoms with Gasteiger partial charge in [-0.25, -0.2) is 20.5 Å². The molecule has 0 aliphatic heterocycles. The fourth-order valence-electron chi connectivity index (χ4n) is 2.90. The first kappa shape index (κ1) is 11.0. The molecule has 1 saturated carbocycles. The van der Waals surface area contributed by atoms with E-state index in [0.29, 0.717) is 0 Å². The average Bonchev–Trinajstić information content (AvgIpc) is 2.71. The average molecular weight is 216 g/mol. The van der Waals surface area contributed by atoms with Crippen LogP contribution in [0.3, 0.4) is 0 Å². The molecule has 6 heteroatoms. The monoisotopic (exact) mass is 216 g/mol. The van der Waals surface area contributed by atoms with Gasteiger partial charge < -0.3 is 10.4 Å². The maximum absolute atomic E-state index is 11.5. The Morgan fingerprint density at radius 3 is 2.73 bits per heavy atom. The van der Waals surface area contributed by atoms with Gasteiger partial charge in [-0.2, -0.15) is 0 Å². The highest BCUT2D eigenvalue weighted by molar-refractivity contribution is 5.26. The van der Waals surface area contributed by atoms with Crippen LogP contribution in [0.15, 0.2) is 11.6 Å². The van der Waals surface area contributed by atoms with Gasteiger partial charge in [0, 0.05) is 5.92 Å². The van der Waals surface area contributed by atoms with Crippen molar-refractivity contribution in [1.82, 2.24) is 0 Å². The first-order valence-electron chi connectivity index (χ1n) is 5.07. The summed E-state index contributed by atoms with van der Waals surface area (Å²) in [7, 11) is 1.30. The molecule has 2 bridgehead atoms. The van der Waals surface area contributed by atoms with Crippen LogP contribution in [0.1, 0.15) is 13.3 Å². The Morgan fingerprint density at radius 1 is 1.53 bits per heavy atom. The number of fused-ring (bicyclic) bond motifs is 2. The maximum atomic E-state index is 11.5. The Hall–Kier alpha value is -0.500. The van der Waals surface area contributed by atoms with Gasteiger partial charge in [-0.15, -0.1) is 0 Å². The fraction of sp³-hybridized carbons (Fsp3) is 0.778. The van der Waals surface area contributed by atoms with E-state index in [4.69, 9.17) is 5.21 Å². The van der Waals surface area contributed by atoms with Crippen molar-refractivity contribution in [3.8, 4) is 0 Å². The molecule has 0 radical (unpaired) electrons. The fourth-order valence-corrected chi connectivity index (χ4v) is 2.90. The number of rotatable bonds is 3. The van der Waals surface area contributed by atoms with Crippen LogP contribution in [0.4, 0.5) is 0 Å². The standard InChI is InChI=1S/C9H16N2O4/c1-5-3-6-4-7(5)9(10(12)13)8(6)11(14)15-2/h3,5,7-12H,4H2,1-2H3. The van der Waals surface area contributed by atoms with Gasteiger partial charge in [0.2, 0.25) is 0 Å². The predicted molar refractivity (Wildman–Crippen MR) is 50.4 cm³/mol. The highest BCUT2D eigenvalue weighted by Gasteiger charge is 2.54. The van der Waals surface area contributed by atoms with Crippen molar-refractivity contribution < 1.29 is 20.5 Å². The molecular formula is C9H16N2O4. The highest BCUT2D eigenvalue weighted by Crippen LogP contribution is 2.41. The molecule has 0 saturated heterocycles. The first-order valence-corrected chi connectivity index (χ1v) is 5.07. The molecular weight excluding hydrogens is 200 g/mol. The van der Waals surface area contributed by atoms with Crippen LogP contribution in [0.2, 0.25) is 0 Å². The van der Waals surface area contributed by atoms with Gasteiger partial charge in [0.1, 0.15) is 0 Å². The van der Waals surface area contributed by atoms with Crippen LogP contribution in [-0.4, -0.2) is 24.4 Å². The van der Waals surface area contributed by atoms with E-state index >= 15 is 0 Å². The van der Waals surface area contributed by atoms with Crippen LogP contribution in [-0.2, 0) is 4.84 Å². The molecule has 0 aromatic rings. The number of nitrogens with one attached hydrogen (secondary N) is 2. The zero-order chi connectivity index (χ0) is 11.2. The summed E-state index contributed by atoms with van der Waals surface area (Å²) in [5.41, 5.74) is 0.951. The Bertz CT molecular complexity index is 281. The van der Waals surface area contributed by atoms with E-state index in [-0.39, 0.29) is 11.8 Å². The molecule has 2 aliphatic rings. The maximum Gasteiger partial charge on any atom is 0.194 e. The van der Waals surface area contributed by atoms with E-state index in [1.165, 1.54) is 7.11 Å². The number of hydrogen-bond donors (Lipinski definition) is 3. The SMILES string of the molecule is CO[NH+]([O-])C1C2=CC(C)C(C2)C1[NH+]([O-])O. The van der Waals surface area contributed by atoms with Crippen molar-refractivity contribution in [3.63, 3.8) is 0 Å². The molecule has 3 N–H and O–H groups in total. The van der Waals surface area contributed by atoms with E-state index in [9.17, 15) is 10.4 Å². The molecule has 0 aromatic carbocycles. The van der Waals surface area contributed by atoms with Crippen molar-refractivity contribution in [2.75, 3.05) is 7.11 Å². The van der Waals surface area contributed by atoms with Crippen molar-refractivity contribution in [2.45, 2.75) is 25.4 Å². The minimum atomic E-state index is -0.884. The Balaban J connectivity index is 2.25. The van der Waals surface area contributed by atoms with Gasteiger partial charge in [-0.3, -0.25) is 0 Å². The molecule has 0 aromatic heterocycles. The van der Waals surface area contributed by atoms with Crippen molar-refractivity contribution in [2.24, 2.45) is 11.8 Å². The number of allylic oxidation sites excluding steroid dienone is 1. The summed E-state index contributed by atoms with van der Waals surface area (Å²) < 4.78 is 0. The van der Waals surface area contributed by atoms with Crippen LogP contribution in [0.5, 0.6) is 0 Å². The molecule has 6 unspecified atom stereocenters. The van der Waals surface area contributed by atoms with Crippen LogP contribution in [0, 0.1) is 22.3 Å². The van der Waals surface area contributed by atoms with Crippen molar-refractivity contribution in [1.29, 1.82) is 0 Å². The van der Waals surface area contributed by atoms with E-state index < -0.39 is 22.5 Å². The van der Waals surface area contributed by atoms with E-state index in [1.54, 1.807) is 0 Å². The second-order valence-electron chi connectivity index (χ2n) is 4.33. The topological polar surface area (TPSA) is 84.5 Å². The third kappa shape index (κ3) is 1.59. The molecule has 1 fully saturated rings. The Kier molecular flexibility index (Phi) is 2.80. The highest BCUT2D eigenvalue weighted by atomic mass is 16.9. The van der Waals surface area contributed by atoms with Crippen LogP contribution in [0.25, 0.3) is 0 Å². The van der Waals surface area contributed by atoms with Crippen molar-refractivity contribution in [3.05, 3.63) is 22.1 Å². The molecule has 2 rings (SSSR count). The molecule has 0 amide bonds. The van der Waals surface area contributed by atoms with Gasteiger partial charge in [0.25, 0.3) is 0 Å².